The summed E-state index contributed by atoms with van der Waals surface area (Å²) in [5.74, 6) is 3.50. The molecular weight excluding hydrogens is 621 g/mol. The number of rotatable bonds is 12. The van der Waals surface area contributed by atoms with E-state index >= 15 is 0 Å². The molecule has 5 heterocycles. The van der Waals surface area contributed by atoms with E-state index in [1.165, 1.54) is 0 Å². The van der Waals surface area contributed by atoms with Gasteiger partial charge >= 0.3 is 0 Å². The molecule has 0 atom stereocenters. The van der Waals surface area contributed by atoms with Crippen molar-refractivity contribution in [2.45, 2.75) is 0 Å². The highest BCUT2D eigenvalue weighted by Crippen LogP contribution is 2.22. The average Bonchev–Trinajstić information content (AvgIpc) is 3.12. The second-order valence-electron chi connectivity index (χ2n) is 12.5. The van der Waals surface area contributed by atoms with Crippen molar-refractivity contribution in [2.24, 2.45) is 0 Å². The Hall–Kier alpha value is -6.16. The Morgan fingerprint density at radius 3 is 0.760 bits per heavy atom. The van der Waals surface area contributed by atoms with Crippen molar-refractivity contribution in [3.05, 3.63) is 118 Å². The molecular formula is C40H44N10. The first kappa shape index (κ1) is 35.2. The van der Waals surface area contributed by atoms with Crippen LogP contribution in [0.1, 0.15) is 45.0 Å². The van der Waals surface area contributed by atoms with E-state index in [0.717, 1.165) is 68.3 Å². The van der Waals surface area contributed by atoms with Gasteiger partial charge in [-0.15, -0.1) is 0 Å². The fourth-order valence-electron chi connectivity index (χ4n) is 4.81. The highest BCUT2D eigenvalue weighted by atomic mass is 15.1. The first-order valence-corrected chi connectivity index (χ1v) is 16.2. The van der Waals surface area contributed by atoms with E-state index in [1.807, 2.05) is 198 Å². The molecule has 10 heteroatoms. The summed E-state index contributed by atoms with van der Waals surface area (Å²) < 4.78 is 0. The predicted molar refractivity (Wildman–Crippen MR) is 212 cm³/mol. The molecule has 254 valence electrons. The molecule has 0 N–H and O–H groups in total. The Morgan fingerprint density at radius 1 is 0.340 bits per heavy atom. The van der Waals surface area contributed by atoms with E-state index in [9.17, 15) is 0 Å². The number of hydrogen-bond donors (Lipinski definition) is 0. The zero-order chi connectivity index (χ0) is 35.6. The average molecular weight is 665 g/mol. The van der Waals surface area contributed by atoms with Gasteiger partial charge in [0.1, 0.15) is 23.3 Å². The summed E-state index contributed by atoms with van der Waals surface area (Å²) in [7, 11) is 15.8. The van der Waals surface area contributed by atoms with Crippen LogP contribution >= 0.6 is 0 Å². The van der Waals surface area contributed by atoms with Crippen LogP contribution in [-0.4, -0.2) is 86.3 Å². The first-order chi connectivity index (χ1) is 24.0. The van der Waals surface area contributed by atoms with Crippen molar-refractivity contribution in [2.75, 3.05) is 76.0 Å². The number of hydrogen-bond acceptors (Lipinski definition) is 10. The summed E-state index contributed by atoms with van der Waals surface area (Å²) in [5.41, 5.74) is 6.94. The molecule has 0 spiro atoms. The van der Waals surface area contributed by atoms with E-state index in [-0.39, 0.29) is 0 Å². The van der Waals surface area contributed by atoms with E-state index in [1.54, 1.807) is 0 Å². The molecule has 0 radical (unpaired) electrons. The normalized spacial score (nSPS) is 11.7. The minimum atomic E-state index is 0.727. The van der Waals surface area contributed by atoms with Crippen LogP contribution in [0.2, 0.25) is 0 Å². The molecule has 0 aliphatic heterocycles. The summed E-state index contributed by atoms with van der Waals surface area (Å²) in [4.78, 5) is 36.2. The molecule has 5 rings (SSSR count). The smallest absolute Gasteiger partial charge is 0.128 e. The van der Waals surface area contributed by atoms with Crippen molar-refractivity contribution in [3.63, 3.8) is 0 Å². The molecule has 0 aromatic carbocycles. The van der Waals surface area contributed by atoms with Crippen LogP contribution in [0.4, 0.5) is 23.3 Å². The Bertz CT molecular complexity index is 1750. The number of pyridine rings is 4. The number of anilines is 4. The summed E-state index contributed by atoms with van der Waals surface area (Å²) in [6, 6.07) is 16.1. The van der Waals surface area contributed by atoms with Gasteiger partial charge in [0, 0.05) is 81.2 Å². The van der Waals surface area contributed by atoms with Crippen molar-refractivity contribution >= 4 is 71.9 Å². The zero-order valence-corrected chi connectivity index (χ0v) is 30.0. The van der Waals surface area contributed by atoms with Gasteiger partial charge in [0.15, 0.2) is 0 Å². The maximum Gasteiger partial charge on any atom is 0.128 e. The minimum Gasteiger partial charge on any atom is -0.363 e. The molecule has 10 nitrogen and oxygen atoms in total. The second-order valence-corrected chi connectivity index (χ2v) is 12.5. The molecule has 0 saturated heterocycles. The highest BCUT2D eigenvalue weighted by molar-refractivity contribution is 5.82. The van der Waals surface area contributed by atoms with Gasteiger partial charge in [-0.3, -0.25) is 0 Å². The van der Waals surface area contributed by atoms with E-state index in [4.69, 9.17) is 9.97 Å². The molecule has 0 bridgehead atoms. The van der Waals surface area contributed by atoms with Gasteiger partial charge in [-0.05, 0) is 95.1 Å². The highest BCUT2D eigenvalue weighted by Gasteiger charge is 2.10. The molecule has 0 aliphatic rings. The van der Waals surface area contributed by atoms with Crippen LogP contribution in [-0.2, 0) is 0 Å². The third kappa shape index (κ3) is 9.47. The van der Waals surface area contributed by atoms with Gasteiger partial charge in [0.2, 0.25) is 0 Å². The molecule has 0 amide bonds. The predicted octanol–water partition coefficient (Wildman–Crippen LogP) is 7.00. The van der Waals surface area contributed by atoms with Gasteiger partial charge in [-0.1, -0.05) is 24.3 Å². The Morgan fingerprint density at radius 2 is 0.560 bits per heavy atom. The van der Waals surface area contributed by atoms with Gasteiger partial charge in [-0.2, -0.15) is 0 Å². The standard InChI is InChI=1S/C40H44N10/c1-47(2)37-25-29(17-21-41-37)9-13-33-34(14-10-30-18-22-42-38(26-30)48(3)4)46-36(16-12-32-20-24-44-40(28-32)50(7)8)35(45-33)15-11-31-19-23-43-39(27-31)49(5)6/h9-28H,1-8H3. The SMILES string of the molecule is CN(C)c1cc(C=Cc2nc(C=Cc3ccnc(N(C)C)c3)c(C=Cc3ccnc(N(C)C)c3)nc2C=Cc2ccnc(N(C)C)c2)ccn1. The number of aromatic nitrogens is 6. The van der Waals surface area contributed by atoms with Crippen LogP contribution in [0.3, 0.4) is 0 Å². The van der Waals surface area contributed by atoms with Crippen LogP contribution in [0, 0.1) is 0 Å². The molecule has 0 fully saturated rings. The summed E-state index contributed by atoms with van der Waals surface area (Å²) in [6.07, 6.45) is 23.4. The lowest BCUT2D eigenvalue weighted by Gasteiger charge is -2.12. The number of nitrogens with zero attached hydrogens (tertiary/aromatic N) is 10. The molecule has 5 aromatic rings. The van der Waals surface area contributed by atoms with Crippen molar-refractivity contribution in [3.8, 4) is 0 Å². The first-order valence-electron chi connectivity index (χ1n) is 16.2. The van der Waals surface area contributed by atoms with Crippen molar-refractivity contribution in [1.29, 1.82) is 0 Å². The van der Waals surface area contributed by atoms with Crippen molar-refractivity contribution in [1.82, 2.24) is 29.9 Å². The van der Waals surface area contributed by atoms with Crippen LogP contribution in [0.25, 0.3) is 48.6 Å². The van der Waals surface area contributed by atoms with Crippen molar-refractivity contribution < 1.29 is 0 Å². The molecule has 5 aromatic heterocycles. The summed E-state index contributed by atoms with van der Waals surface area (Å²) in [6.45, 7) is 0. The third-order valence-corrected chi connectivity index (χ3v) is 7.65. The minimum absolute atomic E-state index is 0.727. The second kappa shape index (κ2) is 16.3. The Balaban J connectivity index is 1.65. The van der Waals surface area contributed by atoms with E-state index in [2.05, 4.69) is 19.9 Å². The monoisotopic (exact) mass is 664 g/mol. The fourth-order valence-corrected chi connectivity index (χ4v) is 4.81. The topological polar surface area (TPSA) is 90.3 Å². The molecule has 0 saturated carbocycles. The van der Waals surface area contributed by atoms with E-state index < -0.39 is 0 Å². The molecule has 0 unspecified atom stereocenters. The zero-order valence-electron chi connectivity index (χ0n) is 30.0. The Kier molecular flexibility index (Phi) is 11.5. The van der Waals surface area contributed by atoms with E-state index in [0.29, 0.717) is 0 Å². The maximum absolute atomic E-state index is 5.20. The van der Waals surface area contributed by atoms with Gasteiger partial charge < -0.3 is 19.6 Å². The van der Waals surface area contributed by atoms with Crippen LogP contribution in [0.15, 0.2) is 73.3 Å². The quantitative estimate of drug-likeness (QED) is 0.139. The summed E-state index contributed by atoms with van der Waals surface area (Å²) >= 11 is 0. The molecule has 0 aliphatic carbocycles. The van der Waals surface area contributed by atoms with Gasteiger partial charge in [0.05, 0.1) is 22.8 Å². The van der Waals surface area contributed by atoms with Gasteiger partial charge in [-0.25, -0.2) is 29.9 Å². The van der Waals surface area contributed by atoms with Gasteiger partial charge in [0.25, 0.3) is 0 Å². The summed E-state index contributed by atoms with van der Waals surface area (Å²) in [5, 5.41) is 0. The lowest BCUT2D eigenvalue weighted by Crippen LogP contribution is -2.10. The fraction of sp³-hybridized carbons (Fsp3) is 0.200. The van der Waals surface area contributed by atoms with Crippen LogP contribution < -0.4 is 19.6 Å². The molecule has 50 heavy (non-hydrogen) atoms. The third-order valence-electron chi connectivity index (χ3n) is 7.65. The lowest BCUT2D eigenvalue weighted by molar-refractivity contribution is 1.07. The lowest BCUT2D eigenvalue weighted by atomic mass is 10.1. The largest absolute Gasteiger partial charge is 0.363 e. The Labute approximate surface area is 295 Å². The maximum atomic E-state index is 5.20. The van der Waals surface area contributed by atoms with Crippen LogP contribution in [0.5, 0.6) is 0 Å².